The lowest BCUT2D eigenvalue weighted by Crippen LogP contribution is -2.48. The van der Waals surface area contributed by atoms with Gasteiger partial charge in [0.25, 0.3) is 0 Å². The summed E-state index contributed by atoms with van der Waals surface area (Å²) in [4.78, 5) is 2.51. The molecule has 90 valence electrons. The van der Waals surface area contributed by atoms with Crippen molar-refractivity contribution in [1.29, 1.82) is 0 Å². The molecule has 1 heterocycles. The van der Waals surface area contributed by atoms with Gasteiger partial charge in [-0.15, -0.1) is 0 Å². The Bertz CT molecular complexity index is 169. The van der Waals surface area contributed by atoms with E-state index in [0.717, 1.165) is 0 Å². The number of rotatable bonds is 4. The van der Waals surface area contributed by atoms with Gasteiger partial charge in [-0.25, -0.2) is 0 Å². The van der Waals surface area contributed by atoms with Crippen molar-refractivity contribution < 1.29 is 0 Å². The van der Waals surface area contributed by atoms with Gasteiger partial charge in [0.2, 0.25) is 0 Å². The lowest BCUT2D eigenvalue weighted by molar-refractivity contribution is 0.134. The first-order valence-electron chi connectivity index (χ1n) is 6.51. The van der Waals surface area contributed by atoms with E-state index in [-0.39, 0.29) is 0 Å². The number of likely N-dealkylation sites (N-methyl/N-ethyl adjacent to an activating group) is 1. The molecule has 1 saturated heterocycles. The molecule has 0 aromatic rings. The normalized spacial score (nSPS) is 24.2. The molecule has 1 fully saturated rings. The fourth-order valence-electron chi connectivity index (χ4n) is 2.10. The maximum Gasteiger partial charge on any atom is 0.0195 e. The maximum absolute atomic E-state index is 3.67. The number of nitrogens with zero attached hydrogens (tertiary/aromatic N) is 1. The third-order valence-electron chi connectivity index (χ3n) is 4.06. The average Bonchev–Trinajstić information content (AvgIpc) is 2.46. The van der Waals surface area contributed by atoms with Crippen molar-refractivity contribution in [2.45, 2.75) is 64.5 Å². The second-order valence-electron chi connectivity index (χ2n) is 5.55. The van der Waals surface area contributed by atoms with Gasteiger partial charge in [0.05, 0.1) is 0 Å². The first-order valence-corrected chi connectivity index (χ1v) is 6.51. The zero-order chi connectivity index (χ0) is 11.3. The van der Waals surface area contributed by atoms with Gasteiger partial charge < -0.3 is 5.32 Å². The minimum atomic E-state index is 0.341. The molecule has 1 rings (SSSR count). The molecule has 1 N–H and O–H groups in total. The van der Waals surface area contributed by atoms with Gasteiger partial charge in [0.1, 0.15) is 0 Å². The summed E-state index contributed by atoms with van der Waals surface area (Å²) < 4.78 is 0. The zero-order valence-electron chi connectivity index (χ0n) is 11.0. The first-order chi connectivity index (χ1) is 7.06. The zero-order valence-corrected chi connectivity index (χ0v) is 11.0. The highest BCUT2D eigenvalue weighted by Crippen LogP contribution is 2.18. The van der Waals surface area contributed by atoms with E-state index in [2.05, 4.69) is 38.0 Å². The minimum Gasteiger partial charge on any atom is -0.313 e. The van der Waals surface area contributed by atoms with Crippen molar-refractivity contribution in [2.24, 2.45) is 0 Å². The van der Waals surface area contributed by atoms with E-state index in [1.165, 1.54) is 45.2 Å². The summed E-state index contributed by atoms with van der Waals surface area (Å²) in [6, 6.07) is 0.711. The molecule has 1 unspecified atom stereocenters. The van der Waals surface area contributed by atoms with E-state index in [0.29, 0.717) is 11.6 Å². The van der Waals surface area contributed by atoms with E-state index in [1.54, 1.807) is 0 Å². The second kappa shape index (κ2) is 5.86. The summed E-state index contributed by atoms with van der Waals surface area (Å²) in [6.07, 6.45) is 6.74. The van der Waals surface area contributed by atoms with Gasteiger partial charge in [0, 0.05) is 18.1 Å². The van der Waals surface area contributed by atoms with Crippen molar-refractivity contribution >= 4 is 0 Å². The van der Waals surface area contributed by atoms with Crippen LogP contribution in [0, 0.1) is 0 Å². The molecule has 2 heteroatoms. The molecule has 0 radical (unpaired) electrons. The highest BCUT2D eigenvalue weighted by molar-refractivity contribution is 4.82. The highest BCUT2D eigenvalue weighted by atomic mass is 15.2. The molecular weight excluding hydrogens is 184 g/mol. The molecule has 0 spiro atoms. The Balaban J connectivity index is 2.38. The van der Waals surface area contributed by atoms with Crippen LogP contribution in [0.1, 0.15) is 52.9 Å². The lowest BCUT2D eigenvalue weighted by Gasteiger charge is -2.37. The molecular formula is C13H28N2. The van der Waals surface area contributed by atoms with Crippen LogP contribution in [0.4, 0.5) is 0 Å². The molecule has 1 aliphatic heterocycles. The quantitative estimate of drug-likeness (QED) is 0.770. The number of hydrogen-bond donors (Lipinski definition) is 1. The molecule has 2 nitrogen and oxygen atoms in total. The molecule has 0 aromatic heterocycles. The monoisotopic (exact) mass is 212 g/mol. The number of hydrogen-bond acceptors (Lipinski definition) is 2. The molecule has 1 aliphatic rings. The SMILES string of the molecule is CCC(C)(C)N(C)CC1CCCCCN1. The minimum absolute atomic E-state index is 0.341. The molecule has 0 aliphatic carbocycles. The van der Waals surface area contributed by atoms with Gasteiger partial charge >= 0.3 is 0 Å². The highest BCUT2D eigenvalue weighted by Gasteiger charge is 2.23. The Morgan fingerprint density at radius 2 is 2.00 bits per heavy atom. The third kappa shape index (κ3) is 4.12. The van der Waals surface area contributed by atoms with Crippen LogP contribution in [-0.4, -0.2) is 36.6 Å². The van der Waals surface area contributed by atoms with Crippen LogP contribution in [0.2, 0.25) is 0 Å². The van der Waals surface area contributed by atoms with E-state index in [9.17, 15) is 0 Å². The number of nitrogens with one attached hydrogen (secondary N) is 1. The van der Waals surface area contributed by atoms with Crippen molar-refractivity contribution in [2.75, 3.05) is 20.1 Å². The summed E-state index contributed by atoms with van der Waals surface area (Å²) in [6.45, 7) is 9.36. The standard InChI is InChI=1S/C13H28N2/c1-5-13(2,3)15(4)11-12-9-7-6-8-10-14-12/h12,14H,5-11H2,1-4H3. The van der Waals surface area contributed by atoms with E-state index in [1.807, 2.05) is 0 Å². The Morgan fingerprint density at radius 1 is 1.27 bits per heavy atom. The van der Waals surface area contributed by atoms with Crippen molar-refractivity contribution in [3.63, 3.8) is 0 Å². The molecule has 0 amide bonds. The summed E-state index contributed by atoms with van der Waals surface area (Å²) >= 11 is 0. The van der Waals surface area contributed by atoms with Crippen LogP contribution in [0.25, 0.3) is 0 Å². The van der Waals surface area contributed by atoms with Crippen molar-refractivity contribution in [1.82, 2.24) is 10.2 Å². The molecule has 0 aromatic carbocycles. The first kappa shape index (κ1) is 13.0. The summed E-state index contributed by atoms with van der Waals surface area (Å²) in [7, 11) is 2.26. The molecule has 0 bridgehead atoms. The van der Waals surface area contributed by atoms with Crippen LogP contribution in [0.5, 0.6) is 0 Å². The van der Waals surface area contributed by atoms with Crippen LogP contribution in [0.15, 0.2) is 0 Å². The Hall–Kier alpha value is -0.0800. The summed E-state index contributed by atoms with van der Waals surface area (Å²) in [5.74, 6) is 0. The second-order valence-corrected chi connectivity index (χ2v) is 5.55. The summed E-state index contributed by atoms with van der Waals surface area (Å²) in [5.41, 5.74) is 0.341. The van der Waals surface area contributed by atoms with Gasteiger partial charge in [-0.2, -0.15) is 0 Å². The van der Waals surface area contributed by atoms with E-state index >= 15 is 0 Å². The molecule has 0 saturated carbocycles. The largest absolute Gasteiger partial charge is 0.313 e. The molecule has 1 atom stereocenters. The van der Waals surface area contributed by atoms with Gasteiger partial charge in [-0.1, -0.05) is 19.8 Å². The van der Waals surface area contributed by atoms with Crippen LogP contribution in [-0.2, 0) is 0 Å². The Morgan fingerprint density at radius 3 is 2.67 bits per heavy atom. The van der Waals surface area contributed by atoms with Gasteiger partial charge in [0.15, 0.2) is 0 Å². The average molecular weight is 212 g/mol. The topological polar surface area (TPSA) is 15.3 Å². The third-order valence-corrected chi connectivity index (χ3v) is 4.06. The van der Waals surface area contributed by atoms with E-state index in [4.69, 9.17) is 0 Å². The van der Waals surface area contributed by atoms with Gasteiger partial charge in [-0.3, -0.25) is 4.90 Å². The predicted molar refractivity (Wildman–Crippen MR) is 67.3 cm³/mol. The van der Waals surface area contributed by atoms with Crippen LogP contribution >= 0.6 is 0 Å². The fourth-order valence-corrected chi connectivity index (χ4v) is 2.10. The van der Waals surface area contributed by atoms with Gasteiger partial charge in [-0.05, 0) is 46.7 Å². The summed E-state index contributed by atoms with van der Waals surface area (Å²) in [5, 5.41) is 3.67. The Kier molecular flexibility index (Phi) is 5.07. The fraction of sp³-hybridized carbons (Fsp3) is 1.00. The lowest BCUT2D eigenvalue weighted by atomic mass is 9.98. The maximum atomic E-state index is 3.67. The Labute approximate surface area is 95.4 Å². The smallest absolute Gasteiger partial charge is 0.0195 e. The van der Waals surface area contributed by atoms with E-state index < -0.39 is 0 Å². The predicted octanol–water partition coefficient (Wildman–Crippen LogP) is 2.64. The van der Waals surface area contributed by atoms with Crippen molar-refractivity contribution in [3.05, 3.63) is 0 Å². The van der Waals surface area contributed by atoms with Crippen LogP contribution < -0.4 is 5.32 Å². The van der Waals surface area contributed by atoms with Crippen molar-refractivity contribution in [3.8, 4) is 0 Å². The molecule has 15 heavy (non-hydrogen) atoms. The van der Waals surface area contributed by atoms with Crippen LogP contribution in [0.3, 0.4) is 0 Å².